The molecule has 0 spiro atoms. The van der Waals surface area contributed by atoms with Crippen LogP contribution in [-0.4, -0.2) is 63.4 Å². The van der Waals surface area contributed by atoms with E-state index in [2.05, 4.69) is 15.6 Å². The van der Waals surface area contributed by atoms with E-state index in [1.165, 1.54) is 11.3 Å². The van der Waals surface area contributed by atoms with Gasteiger partial charge in [0.2, 0.25) is 5.82 Å². The van der Waals surface area contributed by atoms with Crippen LogP contribution < -0.4 is 37.5 Å². The number of para-hydroxylation sites is 1. The number of nitrogens with one attached hydrogen (secondary N) is 3. The number of aromatic nitrogens is 3. The summed E-state index contributed by atoms with van der Waals surface area (Å²) in [5, 5.41) is 39.3. The van der Waals surface area contributed by atoms with Gasteiger partial charge in [-0.2, -0.15) is 0 Å². The number of halogens is 1. The topological polar surface area (TPSA) is 143 Å². The number of fused-ring (bicyclic) bond motifs is 1. The van der Waals surface area contributed by atoms with Crippen molar-refractivity contribution in [2.75, 3.05) is 24.9 Å². The highest BCUT2D eigenvalue weighted by atomic mass is 35.5. The Hall–Kier alpha value is -3.22. The van der Waals surface area contributed by atoms with Crippen LogP contribution in [0, 0.1) is 5.92 Å². The number of H-pyrrole nitrogens is 1. The Morgan fingerprint density at radius 3 is 2.49 bits per heavy atom. The quantitative estimate of drug-likeness (QED) is 0.200. The number of methoxy groups -OCH3 is 2. The number of aliphatic hydroxyl groups excluding tert-OH is 2. The molecular formula is C27H32ClN5O5S. The van der Waals surface area contributed by atoms with Crippen molar-refractivity contribution in [1.29, 1.82) is 0 Å². The van der Waals surface area contributed by atoms with E-state index in [1.807, 2.05) is 36.4 Å². The van der Waals surface area contributed by atoms with Crippen LogP contribution in [0.25, 0.3) is 20.8 Å². The molecule has 1 aliphatic rings. The molecule has 1 aliphatic carbocycles. The zero-order valence-electron chi connectivity index (χ0n) is 22.0. The summed E-state index contributed by atoms with van der Waals surface area (Å²) >= 11 is 1.53. The molecule has 0 radical (unpaired) electrons. The average Bonchev–Trinajstić information content (AvgIpc) is 3.45. The highest BCUT2D eigenvalue weighted by Crippen LogP contribution is 2.39. The lowest BCUT2D eigenvalue weighted by Gasteiger charge is -2.28. The first-order chi connectivity index (χ1) is 18.2. The third-order valence-electron chi connectivity index (χ3n) is 6.93. The molecule has 10 nitrogen and oxygen atoms in total. The summed E-state index contributed by atoms with van der Waals surface area (Å²) in [4.78, 5) is 12.8. The molecule has 208 valence electrons. The fourth-order valence-corrected chi connectivity index (χ4v) is 5.80. The predicted octanol–water partition coefficient (Wildman–Crippen LogP) is 0.230. The van der Waals surface area contributed by atoms with Gasteiger partial charge in [0.25, 0.3) is 0 Å². The largest absolute Gasteiger partial charge is 1.00 e. The molecular weight excluding hydrogens is 542 g/mol. The fourth-order valence-electron chi connectivity index (χ4n) is 4.82. The Balaban J connectivity index is 0.00000353. The van der Waals surface area contributed by atoms with Gasteiger partial charge >= 0.3 is 5.95 Å². The van der Waals surface area contributed by atoms with Crippen molar-refractivity contribution in [2.24, 2.45) is 5.92 Å². The molecule has 0 saturated heterocycles. The molecule has 4 atom stereocenters. The van der Waals surface area contributed by atoms with Crippen LogP contribution in [0.4, 0.5) is 17.5 Å². The number of ether oxygens (including phenoxy) is 2. The van der Waals surface area contributed by atoms with Crippen LogP contribution in [0.3, 0.4) is 0 Å². The Morgan fingerprint density at radius 2 is 1.82 bits per heavy atom. The minimum Gasteiger partial charge on any atom is -1.00 e. The van der Waals surface area contributed by atoms with Gasteiger partial charge in [-0.25, -0.2) is 15.3 Å². The van der Waals surface area contributed by atoms with Gasteiger partial charge < -0.3 is 42.5 Å². The Kier molecular flexibility index (Phi) is 8.48. The molecule has 4 aromatic rings. The second kappa shape index (κ2) is 11.5. The first-order valence-corrected chi connectivity index (χ1v) is 13.1. The average molecular weight is 574 g/mol. The summed E-state index contributed by atoms with van der Waals surface area (Å²) < 4.78 is 11.8. The van der Waals surface area contributed by atoms with E-state index < -0.39 is 29.8 Å². The Morgan fingerprint density at radius 1 is 1.05 bits per heavy atom. The number of aromatic amines is 1. The number of rotatable bonds is 8. The first kappa shape index (κ1) is 28.8. The zero-order valence-corrected chi connectivity index (χ0v) is 23.5. The van der Waals surface area contributed by atoms with E-state index in [9.17, 15) is 15.3 Å². The summed E-state index contributed by atoms with van der Waals surface area (Å²) in [7, 11) is 3.17. The third-order valence-corrected chi connectivity index (χ3v) is 8.00. The maximum absolute atomic E-state index is 10.8. The number of benzene rings is 2. The summed E-state index contributed by atoms with van der Waals surface area (Å²) in [5.41, 5.74) is 1.12. The molecule has 2 heterocycles. The second-order valence-electron chi connectivity index (χ2n) is 9.92. The van der Waals surface area contributed by atoms with Gasteiger partial charge in [-0.05, 0) is 44.5 Å². The van der Waals surface area contributed by atoms with Gasteiger partial charge in [-0.1, -0.05) is 17.1 Å². The van der Waals surface area contributed by atoms with Gasteiger partial charge in [0.1, 0.15) is 28.1 Å². The lowest BCUT2D eigenvalue weighted by Crippen LogP contribution is -3.00. The van der Waals surface area contributed by atoms with Crippen LogP contribution in [-0.2, 0) is 0 Å². The van der Waals surface area contributed by atoms with Crippen molar-refractivity contribution in [1.82, 2.24) is 9.97 Å². The molecule has 6 N–H and O–H groups in total. The van der Waals surface area contributed by atoms with Gasteiger partial charge in [0.15, 0.2) is 5.75 Å². The number of anilines is 3. The molecule has 0 bridgehead atoms. The van der Waals surface area contributed by atoms with Crippen molar-refractivity contribution in [2.45, 2.75) is 44.1 Å². The highest BCUT2D eigenvalue weighted by molar-refractivity contribution is 7.21. The predicted molar refractivity (Wildman–Crippen MR) is 146 cm³/mol. The van der Waals surface area contributed by atoms with Crippen molar-refractivity contribution < 1.29 is 42.2 Å². The summed E-state index contributed by atoms with van der Waals surface area (Å²) in [6.45, 7) is 3.28. The number of aliphatic hydroxyl groups is 3. The molecule has 0 amide bonds. The maximum Gasteiger partial charge on any atom is 0.396 e. The first-order valence-electron chi connectivity index (χ1n) is 12.3. The summed E-state index contributed by atoms with van der Waals surface area (Å²) in [6, 6.07) is 12.7. The smallest absolute Gasteiger partial charge is 0.396 e. The highest BCUT2D eigenvalue weighted by Gasteiger charge is 2.48. The standard InChI is InChI=1S/C27H31N5O5S.ClH/c1-27(2,35)16-12-19(23(34)22(16)33)29-24-15(25-30-18-7-5-6-8-21(18)38-25)13-28-26(32-24)31-17-10-9-14(36-3)11-20(17)37-4;/h5-11,13,16,19,22-23,33-35H,12H2,1-4H3,(H2,28,29,31,32);1H/t16-,19+,22+,23-;/m0./s1. The van der Waals surface area contributed by atoms with Crippen LogP contribution in [0.1, 0.15) is 20.3 Å². The summed E-state index contributed by atoms with van der Waals surface area (Å²) in [6.07, 6.45) is 0.00502. The zero-order chi connectivity index (χ0) is 27.0. The monoisotopic (exact) mass is 573 g/mol. The number of thiazole rings is 1. The normalized spacial score (nSPS) is 20.9. The van der Waals surface area contributed by atoms with E-state index in [0.29, 0.717) is 40.9 Å². The van der Waals surface area contributed by atoms with Gasteiger partial charge in [-0.3, -0.25) is 0 Å². The van der Waals surface area contributed by atoms with Gasteiger partial charge in [0, 0.05) is 12.0 Å². The maximum atomic E-state index is 10.8. The van der Waals surface area contributed by atoms with E-state index in [4.69, 9.17) is 19.4 Å². The molecule has 5 rings (SSSR count). The van der Waals surface area contributed by atoms with Gasteiger partial charge in [0.05, 0.1) is 48.4 Å². The molecule has 2 aromatic carbocycles. The minimum absolute atomic E-state index is 0. The molecule has 1 saturated carbocycles. The molecule has 1 fully saturated rings. The van der Waals surface area contributed by atoms with Crippen molar-refractivity contribution in [3.63, 3.8) is 0 Å². The summed E-state index contributed by atoms with van der Waals surface area (Å²) in [5.74, 6) is 1.63. The SMILES string of the molecule is COc1ccc(Nc2nc(N[C@@H]3C[C@H](C(C)(C)O)[C@@H](O)[C@H]3O)c(-c3nc4ccccc4s3)c[nH+]2)c(OC)c1.[Cl-]. The van der Waals surface area contributed by atoms with Crippen LogP contribution in [0.2, 0.25) is 0 Å². The van der Waals surface area contributed by atoms with E-state index in [0.717, 1.165) is 15.2 Å². The molecule has 12 heteroatoms. The van der Waals surface area contributed by atoms with Crippen molar-refractivity contribution in [3.8, 4) is 22.1 Å². The molecule has 0 unspecified atom stereocenters. The Bertz CT molecular complexity index is 1410. The van der Waals surface area contributed by atoms with Crippen molar-refractivity contribution in [3.05, 3.63) is 48.7 Å². The lowest BCUT2D eigenvalue weighted by atomic mass is 9.88. The van der Waals surface area contributed by atoms with E-state index in [-0.39, 0.29) is 12.4 Å². The van der Waals surface area contributed by atoms with E-state index in [1.54, 1.807) is 40.3 Å². The number of hydrogen-bond acceptors (Lipinski definition) is 10. The van der Waals surface area contributed by atoms with Crippen molar-refractivity contribution >= 4 is 39.0 Å². The lowest BCUT2D eigenvalue weighted by molar-refractivity contribution is -0.363. The molecule has 39 heavy (non-hydrogen) atoms. The molecule has 2 aromatic heterocycles. The fraction of sp³-hybridized carbons (Fsp3) is 0.370. The number of nitrogens with zero attached hydrogens (tertiary/aromatic N) is 2. The minimum atomic E-state index is -1.15. The van der Waals surface area contributed by atoms with Gasteiger partial charge in [-0.15, -0.1) is 11.3 Å². The third kappa shape index (κ3) is 5.87. The van der Waals surface area contributed by atoms with Crippen LogP contribution in [0.5, 0.6) is 11.5 Å². The van der Waals surface area contributed by atoms with Crippen LogP contribution in [0.15, 0.2) is 48.7 Å². The Labute approximate surface area is 236 Å². The molecule has 0 aliphatic heterocycles. The second-order valence-corrected chi connectivity index (χ2v) is 10.9. The van der Waals surface area contributed by atoms with Crippen LogP contribution >= 0.6 is 11.3 Å². The van der Waals surface area contributed by atoms with E-state index >= 15 is 0 Å². The number of hydrogen-bond donors (Lipinski definition) is 5.